The Morgan fingerprint density at radius 1 is 1.10 bits per heavy atom. The monoisotopic (exact) mass is 325 g/mol. The summed E-state index contributed by atoms with van der Waals surface area (Å²) in [5.74, 6) is 1.28. The van der Waals surface area contributed by atoms with Crippen LogP contribution in [0.4, 0.5) is 0 Å². The lowest BCUT2D eigenvalue weighted by Gasteiger charge is -2.08. The van der Waals surface area contributed by atoms with E-state index in [9.17, 15) is 8.42 Å². The molecule has 1 aliphatic rings. The van der Waals surface area contributed by atoms with Crippen molar-refractivity contribution in [2.75, 3.05) is 6.79 Å². The first kappa shape index (κ1) is 14.2. The lowest BCUT2D eigenvalue weighted by Crippen LogP contribution is -2.23. The molecule has 1 aliphatic heterocycles. The molecule has 21 heavy (non-hydrogen) atoms. The largest absolute Gasteiger partial charge is 0.454 e. The number of fused-ring (bicyclic) bond motifs is 1. The molecule has 0 saturated carbocycles. The third-order valence-corrected chi connectivity index (χ3v) is 4.93. The Morgan fingerprint density at radius 3 is 2.67 bits per heavy atom. The number of benzene rings is 2. The molecule has 5 nitrogen and oxygen atoms in total. The Morgan fingerprint density at radius 2 is 1.86 bits per heavy atom. The average Bonchev–Trinajstić information content (AvgIpc) is 2.93. The molecule has 0 aromatic heterocycles. The topological polar surface area (TPSA) is 64.6 Å². The van der Waals surface area contributed by atoms with E-state index >= 15 is 0 Å². The molecule has 0 aliphatic carbocycles. The highest BCUT2D eigenvalue weighted by Crippen LogP contribution is 2.32. The standard InChI is InChI=1S/C14H12ClNO4S/c15-11-3-1-2-4-14(11)21(17,18)16-8-10-5-6-12-13(7-10)20-9-19-12/h1-7,16H,8-9H2. The Labute approximate surface area is 127 Å². The van der Waals surface area contributed by atoms with Gasteiger partial charge in [-0.3, -0.25) is 0 Å². The van der Waals surface area contributed by atoms with Crippen molar-refractivity contribution in [3.05, 3.63) is 53.1 Å². The van der Waals surface area contributed by atoms with E-state index in [-0.39, 0.29) is 23.3 Å². The second-order valence-electron chi connectivity index (χ2n) is 4.44. The predicted octanol–water partition coefficient (Wildman–Crippen LogP) is 2.55. The van der Waals surface area contributed by atoms with E-state index in [4.69, 9.17) is 21.1 Å². The minimum Gasteiger partial charge on any atom is -0.454 e. The number of halogens is 1. The molecule has 0 saturated heterocycles. The van der Waals surface area contributed by atoms with Gasteiger partial charge >= 0.3 is 0 Å². The third-order valence-electron chi connectivity index (χ3n) is 3.03. The highest BCUT2D eigenvalue weighted by Gasteiger charge is 2.18. The van der Waals surface area contributed by atoms with Crippen LogP contribution < -0.4 is 14.2 Å². The number of sulfonamides is 1. The summed E-state index contributed by atoms with van der Waals surface area (Å²) in [7, 11) is -3.66. The first-order valence-corrected chi connectivity index (χ1v) is 8.05. The molecule has 7 heteroatoms. The van der Waals surface area contributed by atoms with Crippen LogP contribution in [0, 0.1) is 0 Å². The number of hydrogen-bond acceptors (Lipinski definition) is 4. The van der Waals surface area contributed by atoms with E-state index in [1.54, 1.807) is 30.3 Å². The first-order chi connectivity index (χ1) is 10.1. The van der Waals surface area contributed by atoms with Gasteiger partial charge in [0.2, 0.25) is 16.8 Å². The Balaban J connectivity index is 1.77. The van der Waals surface area contributed by atoms with Crippen LogP contribution in [0.2, 0.25) is 5.02 Å². The zero-order chi connectivity index (χ0) is 14.9. The second-order valence-corrected chi connectivity index (χ2v) is 6.59. The smallest absolute Gasteiger partial charge is 0.242 e. The maximum absolute atomic E-state index is 12.2. The fraction of sp³-hybridized carbons (Fsp3) is 0.143. The normalized spacial score (nSPS) is 13.4. The van der Waals surface area contributed by atoms with Crippen LogP contribution in [-0.2, 0) is 16.6 Å². The van der Waals surface area contributed by atoms with Gasteiger partial charge in [0, 0.05) is 6.54 Å². The highest BCUT2D eigenvalue weighted by molar-refractivity contribution is 7.89. The average molecular weight is 326 g/mol. The van der Waals surface area contributed by atoms with Crippen molar-refractivity contribution in [1.29, 1.82) is 0 Å². The van der Waals surface area contributed by atoms with Crippen LogP contribution in [-0.4, -0.2) is 15.2 Å². The lowest BCUT2D eigenvalue weighted by atomic mass is 10.2. The van der Waals surface area contributed by atoms with Crippen molar-refractivity contribution < 1.29 is 17.9 Å². The summed E-state index contributed by atoms with van der Waals surface area (Å²) in [5.41, 5.74) is 0.773. The van der Waals surface area contributed by atoms with Gasteiger partial charge in [-0.15, -0.1) is 0 Å². The molecule has 0 amide bonds. The van der Waals surface area contributed by atoms with Gasteiger partial charge in [0.25, 0.3) is 0 Å². The van der Waals surface area contributed by atoms with Gasteiger partial charge < -0.3 is 9.47 Å². The Kier molecular flexibility index (Phi) is 3.75. The highest BCUT2D eigenvalue weighted by atomic mass is 35.5. The molecule has 0 radical (unpaired) electrons. The third kappa shape index (κ3) is 2.97. The van der Waals surface area contributed by atoms with Crippen LogP contribution in [0.15, 0.2) is 47.4 Å². The number of ether oxygens (including phenoxy) is 2. The van der Waals surface area contributed by atoms with Crippen molar-refractivity contribution in [3.63, 3.8) is 0 Å². The molecule has 0 spiro atoms. The van der Waals surface area contributed by atoms with Gasteiger partial charge in [-0.25, -0.2) is 13.1 Å². The number of rotatable bonds is 4. The quantitative estimate of drug-likeness (QED) is 0.938. The van der Waals surface area contributed by atoms with Gasteiger partial charge in [0.1, 0.15) is 4.90 Å². The van der Waals surface area contributed by atoms with Crippen molar-refractivity contribution in [2.24, 2.45) is 0 Å². The summed E-state index contributed by atoms with van der Waals surface area (Å²) in [6, 6.07) is 11.6. The maximum atomic E-state index is 12.2. The lowest BCUT2D eigenvalue weighted by molar-refractivity contribution is 0.174. The first-order valence-electron chi connectivity index (χ1n) is 6.19. The van der Waals surface area contributed by atoms with Gasteiger partial charge in [-0.1, -0.05) is 29.8 Å². The minimum absolute atomic E-state index is 0.0624. The van der Waals surface area contributed by atoms with E-state index in [2.05, 4.69) is 4.72 Å². The minimum atomic E-state index is -3.66. The van der Waals surface area contributed by atoms with Crippen LogP contribution in [0.3, 0.4) is 0 Å². The van der Waals surface area contributed by atoms with E-state index in [1.165, 1.54) is 12.1 Å². The molecule has 3 rings (SSSR count). The summed E-state index contributed by atoms with van der Waals surface area (Å²) in [6.45, 7) is 0.328. The molecular weight excluding hydrogens is 314 g/mol. The molecule has 1 N–H and O–H groups in total. The van der Waals surface area contributed by atoms with E-state index < -0.39 is 10.0 Å². The number of hydrogen-bond donors (Lipinski definition) is 1. The summed E-state index contributed by atoms with van der Waals surface area (Å²) < 4.78 is 37.4. The van der Waals surface area contributed by atoms with E-state index in [0.717, 1.165) is 5.56 Å². The molecule has 2 aromatic carbocycles. The predicted molar refractivity (Wildman–Crippen MR) is 78.0 cm³/mol. The summed E-state index contributed by atoms with van der Waals surface area (Å²) in [4.78, 5) is 0.0624. The van der Waals surface area contributed by atoms with Gasteiger partial charge in [0.05, 0.1) is 5.02 Å². The maximum Gasteiger partial charge on any atom is 0.242 e. The zero-order valence-electron chi connectivity index (χ0n) is 10.9. The summed E-state index contributed by atoms with van der Waals surface area (Å²) in [6.07, 6.45) is 0. The molecule has 1 heterocycles. The summed E-state index contributed by atoms with van der Waals surface area (Å²) in [5, 5.41) is 0.190. The van der Waals surface area contributed by atoms with Gasteiger partial charge in [-0.05, 0) is 29.8 Å². The van der Waals surface area contributed by atoms with E-state index in [0.29, 0.717) is 11.5 Å². The number of nitrogens with one attached hydrogen (secondary N) is 1. The van der Waals surface area contributed by atoms with Gasteiger partial charge in [0.15, 0.2) is 11.5 Å². The summed E-state index contributed by atoms with van der Waals surface area (Å²) >= 11 is 5.91. The molecule has 0 atom stereocenters. The molecular formula is C14H12ClNO4S. The van der Waals surface area contributed by atoms with Crippen LogP contribution in [0.5, 0.6) is 11.5 Å². The van der Waals surface area contributed by atoms with Crippen LogP contribution in [0.1, 0.15) is 5.56 Å². The Bertz CT molecular complexity index is 776. The van der Waals surface area contributed by atoms with Crippen molar-refractivity contribution in [2.45, 2.75) is 11.4 Å². The van der Waals surface area contributed by atoms with E-state index in [1.807, 2.05) is 0 Å². The van der Waals surface area contributed by atoms with Crippen molar-refractivity contribution in [1.82, 2.24) is 4.72 Å². The van der Waals surface area contributed by atoms with Crippen LogP contribution >= 0.6 is 11.6 Å². The molecule has 0 bridgehead atoms. The van der Waals surface area contributed by atoms with Crippen molar-refractivity contribution in [3.8, 4) is 11.5 Å². The SMILES string of the molecule is O=S(=O)(NCc1ccc2c(c1)OCO2)c1ccccc1Cl. The molecule has 0 unspecified atom stereocenters. The Hall–Kier alpha value is -1.76. The van der Waals surface area contributed by atoms with Crippen LogP contribution in [0.25, 0.3) is 0 Å². The molecule has 110 valence electrons. The fourth-order valence-electron chi connectivity index (χ4n) is 1.97. The van der Waals surface area contributed by atoms with Gasteiger partial charge in [-0.2, -0.15) is 0 Å². The second kappa shape index (κ2) is 5.55. The molecule has 0 fully saturated rings. The zero-order valence-corrected chi connectivity index (χ0v) is 12.4. The van der Waals surface area contributed by atoms with Crippen molar-refractivity contribution >= 4 is 21.6 Å². The fourth-order valence-corrected chi connectivity index (χ4v) is 3.50. The molecule has 2 aromatic rings.